The minimum atomic E-state index is -0.537. The fourth-order valence-corrected chi connectivity index (χ4v) is 4.22. The zero-order valence-corrected chi connectivity index (χ0v) is 18.0. The molecule has 2 aromatic carbocycles. The third-order valence-corrected chi connectivity index (χ3v) is 5.84. The second-order valence-corrected chi connectivity index (χ2v) is 8.37. The molecule has 0 radical (unpaired) electrons. The minimum Gasteiger partial charge on any atom is -0.309 e. The van der Waals surface area contributed by atoms with E-state index >= 15 is 0 Å². The molecular weight excluding hydrogens is 412 g/mol. The Morgan fingerprint density at radius 1 is 1.24 bits per heavy atom. The summed E-state index contributed by atoms with van der Waals surface area (Å²) in [5.41, 5.74) is 1.80. The van der Waals surface area contributed by atoms with Crippen LogP contribution in [-0.4, -0.2) is 47.9 Å². The molecular formula is C20H21ClN4O3S. The standard InChI is InChI=1S/C20H21ClN4O3S/c1-13-6-4-7-17-18(13)22-20(29-17)24(11-5-10-23(2)3)19(26)15-12-14(25(27)28)8-9-16(15)21/h4,6-9,12H,5,10-11H2,1-3H3. The Hall–Kier alpha value is -2.55. The number of hydrogen-bond acceptors (Lipinski definition) is 6. The van der Waals surface area contributed by atoms with Gasteiger partial charge in [-0.05, 0) is 51.7 Å². The Kier molecular flexibility index (Phi) is 6.46. The van der Waals surface area contributed by atoms with Crippen LogP contribution in [0, 0.1) is 17.0 Å². The van der Waals surface area contributed by atoms with Gasteiger partial charge in [-0.1, -0.05) is 35.1 Å². The number of aryl methyl sites for hydroxylation is 1. The SMILES string of the molecule is Cc1cccc2sc(N(CCCN(C)C)C(=O)c3cc([N+](=O)[O-])ccc3Cl)nc12. The van der Waals surface area contributed by atoms with E-state index in [2.05, 4.69) is 4.98 Å². The zero-order valence-electron chi connectivity index (χ0n) is 16.4. The van der Waals surface area contributed by atoms with Crippen LogP contribution >= 0.6 is 22.9 Å². The van der Waals surface area contributed by atoms with Gasteiger partial charge < -0.3 is 4.90 Å². The van der Waals surface area contributed by atoms with Crippen molar-refractivity contribution in [3.8, 4) is 0 Å². The number of thiazole rings is 1. The number of fused-ring (bicyclic) bond motifs is 1. The van der Waals surface area contributed by atoms with Crippen molar-refractivity contribution < 1.29 is 9.72 Å². The van der Waals surface area contributed by atoms with E-state index in [0.717, 1.165) is 28.7 Å². The molecule has 0 spiro atoms. The molecule has 1 aromatic heterocycles. The lowest BCUT2D eigenvalue weighted by molar-refractivity contribution is -0.384. The van der Waals surface area contributed by atoms with Gasteiger partial charge in [0.25, 0.3) is 11.6 Å². The highest BCUT2D eigenvalue weighted by Gasteiger charge is 2.25. The maximum absolute atomic E-state index is 13.4. The molecule has 0 aliphatic rings. The Bertz CT molecular complexity index is 1070. The van der Waals surface area contributed by atoms with E-state index in [4.69, 9.17) is 11.6 Å². The smallest absolute Gasteiger partial charge is 0.270 e. The number of amides is 1. The first-order chi connectivity index (χ1) is 13.8. The number of anilines is 1. The fraction of sp³-hybridized carbons (Fsp3) is 0.300. The second kappa shape index (κ2) is 8.86. The largest absolute Gasteiger partial charge is 0.309 e. The highest BCUT2D eigenvalue weighted by molar-refractivity contribution is 7.22. The summed E-state index contributed by atoms with van der Waals surface area (Å²) in [5.74, 6) is -0.394. The molecule has 0 aliphatic heterocycles. The van der Waals surface area contributed by atoms with Crippen LogP contribution < -0.4 is 4.90 Å². The molecule has 0 atom stereocenters. The summed E-state index contributed by atoms with van der Waals surface area (Å²) in [7, 11) is 3.93. The number of nitro groups is 1. The lowest BCUT2D eigenvalue weighted by atomic mass is 10.1. The van der Waals surface area contributed by atoms with Gasteiger partial charge in [0, 0.05) is 18.7 Å². The second-order valence-electron chi connectivity index (χ2n) is 6.95. The van der Waals surface area contributed by atoms with E-state index in [1.165, 1.54) is 29.5 Å². The fourth-order valence-electron chi connectivity index (χ4n) is 2.96. The van der Waals surface area contributed by atoms with Crippen molar-refractivity contribution >= 4 is 49.9 Å². The van der Waals surface area contributed by atoms with E-state index in [-0.39, 0.29) is 16.3 Å². The number of carbonyl (C=O) groups excluding carboxylic acids is 1. The molecule has 0 saturated heterocycles. The molecule has 1 amide bonds. The summed E-state index contributed by atoms with van der Waals surface area (Å²) in [6, 6.07) is 9.79. The molecule has 3 rings (SSSR count). The minimum absolute atomic E-state index is 0.0988. The number of benzene rings is 2. The molecule has 0 saturated carbocycles. The average Bonchev–Trinajstić information content (AvgIpc) is 3.10. The van der Waals surface area contributed by atoms with Gasteiger partial charge in [0.2, 0.25) is 0 Å². The zero-order chi connectivity index (χ0) is 21.1. The van der Waals surface area contributed by atoms with Crippen LogP contribution in [0.1, 0.15) is 22.3 Å². The van der Waals surface area contributed by atoms with E-state index in [1.807, 2.05) is 44.1 Å². The van der Waals surface area contributed by atoms with Crippen LogP contribution in [0.15, 0.2) is 36.4 Å². The number of nitrogens with zero attached hydrogens (tertiary/aromatic N) is 4. The van der Waals surface area contributed by atoms with Gasteiger partial charge in [-0.15, -0.1) is 0 Å². The van der Waals surface area contributed by atoms with E-state index in [1.54, 1.807) is 4.90 Å². The molecule has 0 N–H and O–H groups in total. The number of hydrogen-bond donors (Lipinski definition) is 0. The van der Waals surface area contributed by atoms with E-state index in [9.17, 15) is 14.9 Å². The highest BCUT2D eigenvalue weighted by Crippen LogP contribution is 2.33. The molecule has 0 unspecified atom stereocenters. The van der Waals surface area contributed by atoms with Crippen molar-refractivity contribution in [3.05, 3.63) is 62.7 Å². The Morgan fingerprint density at radius 3 is 2.66 bits per heavy atom. The Morgan fingerprint density at radius 2 is 2.00 bits per heavy atom. The Balaban J connectivity index is 2.02. The van der Waals surface area contributed by atoms with Crippen molar-refractivity contribution in [2.45, 2.75) is 13.3 Å². The lowest BCUT2D eigenvalue weighted by Crippen LogP contribution is -2.33. The summed E-state index contributed by atoms with van der Waals surface area (Å²) in [4.78, 5) is 32.2. The average molecular weight is 433 g/mol. The van der Waals surface area contributed by atoms with Gasteiger partial charge in [-0.25, -0.2) is 4.98 Å². The molecule has 0 aliphatic carbocycles. The molecule has 3 aromatic rings. The maximum atomic E-state index is 13.4. The van der Waals surface area contributed by atoms with Crippen LogP contribution in [0.4, 0.5) is 10.8 Å². The van der Waals surface area contributed by atoms with Crippen molar-refractivity contribution in [2.75, 3.05) is 32.1 Å². The predicted molar refractivity (Wildman–Crippen MR) is 117 cm³/mol. The normalized spacial score (nSPS) is 11.2. The first-order valence-corrected chi connectivity index (χ1v) is 10.2. The number of aromatic nitrogens is 1. The number of nitro benzene ring substituents is 1. The lowest BCUT2D eigenvalue weighted by Gasteiger charge is -2.21. The summed E-state index contributed by atoms with van der Waals surface area (Å²) >= 11 is 7.64. The summed E-state index contributed by atoms with van der Waals surface area (Å²) in [6.45, 7) is 3.19. The van der Waals surface area contributed by atoms with Crippen LogP contribution in [-0.2, 0) is 0 Å². The van der Waals surface area contributed by atoms with Gasteiger partial charge in [-0.2, -0.15) is 0 Å². The van der Waals surface area contributed by atoms with Gasteiger partial charge in [-0.3, -0.25) is 19.8 Å². The molecule has 0 fully saturated rings. The molecule has 1 heterocycles. The number of rotatable bonds is 7. The van der Waals surface area contributed by atoms with Crippen LogP contribution in [0.25, 0.3) is 10.2 Å². The predicted octanol–water partition coefficient (Wildman–Crippen LogP) is 4.76. The van der Waals surface area contributed by atoms with Crippen molar-refractivity contribution in [1.82, 2.24) is 9.88 Å². The highest BCUT2D eigenvalue weighted by atomic mass is 35.5. The monoisotopic (exact) mass is 432 g/mol. The first-order valence-electron chi connectivity index (χ1n) is 9.04. The van der Waals surface area contributed by atoms with Gasteiger partial charge in [0.1, 0.15) is 0 Å². The summed E-state index contributed by atoms with van der Waals surface area (Å²) in [6.07, 6.45) is 0.722. The van der Waals surface area contributed by atoms with E-state index < -0.39 is 10.8 Å². The van der Waals surface area contributed by atoms with Gasteiger partial charge in [0.15, 0.2) is 5.13 Å². The van der Waals surface area contributed by atoms with Crippen molar-refractivity contribution in [1.29, 1.82) is 0 Å². The molecule has 29 heavy (non-hydrogen) atoms. The molecule has 152 valence electrons. The topological polar surface area (TPSA) is 79.6 Å². The van der Waals surface area contributed by atoms with Crippen LogP contribution in [0.2, 0.25) is 5.02 Å². The molecule has 9 heteroatoms. The maximum Gasteiger partial charge on any atom is 0.270 e. The third kappa shape index (κ3) is 4.72. The molecule has 7 nitrogen and oxygen atoms in total. The van der Waals surface area contributed by atoms with Gasteiger partial charge in [0.05, 0.1) is 25.7 Å². The molecule has 0 bridgehead atoms. The van der Waals surface area contributed by atoms with E-state index in [0.29, 0.717) is 11.7 Å². The quantitative estimate of drug-likeness (QED) is 0.397. The number of halogens is 1. The van der Waals surface area contributed by atoms with Crippen molar-refractivity contribution in [2.24, 2.45) is 0 Å². The van der Waals surface area contributed by atoms with Crippen molar-refractivity contribution in [3.63, 3.8) is 0 Å². The Labute approximate surface area is 177 Å². The summed E-state index contributed by atoms with van der Waals surface area (Å²) < 4.78 is 0.982. The van der Waals surface area contributed by atoms with Crippen LogP contribution in [0.5, 0.6) is 0 Å². The number of carbonyl (C=O) groups is 1. The van der Waals surface area contributed by atoms with Crippen LogP contribution in [0.3, 0.4) is 0 Å². The number of para-hydroxylation sites is 1. The van der Waals surface area contributed by atoms with Gasteiger partial charge >= 0.3 is 0 Å². The summed E-state index contributed by atoms with van der Waals surface area (Å²) in [5, 5.41) is 11.9. The number of non-ortho nitro benzene ring substituents is 1. The third-order valence-electron chi connectivity index (χ3n) is 4.46. The first kappa shape index (κ1) is 21.2.